The molecule has 2 rings (SSSR count). The predicted molar refractivity (Wildman–Crippen MR) is 65.3 cm³/mol. The number of carbonyl (C=O) groups excluding carboxylic acids is 1. The van der Waals surface area contributed by atoms with Crippen LogP contribution in [-0.4, -0.2) is 12.1 Å². The second-order valence-corrected chi connectivity index (χ2v) is 4.30. The van der Waals surface area contributed by atoms with E-state index in [1.807, 2.05) is 18.2 Å². The molecule has 0 N–H and O–H groups in total. The Bertz CT molecular complexity index is 381. The van der Waals surface area contributed by atoms with Crippen LogP contribution in [0.25, 0.3) is 0 Å². The number of carbonyl (C=O) groups is 1. The van der Waals surface area contributed by atoms with E-state index in [9.17, 15) is 4.79 Å². The Kier molecular flexibility index (Phi) is 4.02. The lowest BCUT2D eigenvalue weighted by molar-refractivity contribution is -0.134. The lowest BCUT2D eigenvalue weighted by Gasteiger charge is -2.15. The van der Waals surface area contributed by atoms with Crippen LogP contribution in [0.1, 0.15) is 39.0 Å². The smallest absolute Gasteiger partial charge is 0.311 e. The Morgan fingerprint density at radius 3 is 2.53 bits per heavy atom. The standard InChI is InChI=1S/C14H18O3/c1-2-14(15)17-13-10-6-5-9-12(13)16-11-7-3-4-8-11/h5-6,9-11H,2-4,7-8H2,1H3. The van der Waals surface area contributed by atoms with Gasteiger partial charge in [0.2, 0.25) is 0 Å². The third kappa shape index (κ3) is 3.22. The Labute approximate surface area is 102 Å². The molecule has 0 bridgehead atoms. The van der Waals surface area contributed by atoms with E-state index in [0.29, 0.717) is 17.9 Å². The third-order valence-electron chi connectivity index (χ3n) is 2.96. The Hall–Kier alpha value is -1.51. The van der Waals surface area contributed by atoms with Crippen LogP contribution in [0.4, 0.5) is 0 Å². The minimum atomic E-state index is -0.229. The predicted octanol–water partition coefficient (Wildman–Crippen LogP) is 3.32. The van der Waals surface area contributed by atoms with Gasteiger partial charge >= 0.3 is 5.97 Å². The van der Waals surface area contributed by atoms with E-state index in [4.69, 9.17) is 9.47 Å². The first-order valence-electron chi connectivity index (χ1n) is 6.26. The van der Waals surface area contributed by atoms with Crippen molar-refractivity contribution in [1.29, 1.82) is 0 Å². The van der Waals surface area contributed by atoms with Crippen LogP contribution in [0, 0.1) is 0 Å². The van der Waals surface area contributed by atoms with Crippen LogP contribution in [0.2, 0.25) is 0 Å². The summed E-state index contributed by atoms with van der Waals surface area (Å²) in [6, 6.07) is 7.38. The van der Waals surface area contributed by atoms with Gasteiger partial charge in [0.05, 0.1) is 6.10 Å². The Morgan fingerprint density at radius 1 is 1.24 bits per heavy atom. The summed E-state index contributed by atoms with van der Waals surface area (Å²) in [6.45, 7) is 1.78. The number of benzene rings is 1. The zero-order valence-electron chi connectivity index (χ0n) is 10.1. The second kappa shape index (κ2) is 5.71. The molecule has 0 radical (unpaired) electrons. The summed E-state index contributed by atoms with van der Waals surface area (Å²) in [4.78, 5) is 11.3. The van der Waals surface area contributed by atoms with E-state index < -0.39 is 0 Å². The van der Waals surface area contributed by atoms with Gasteiger partial charge in [-0.2, -0.15) is 0 Å². The van der Waals surface area contributed by atoms with Gasteiger partial charge in [-0.15, -0.1) is 0 Å². The van der Waals surface area contributed by atoms with E-state index in [0.717, 1.165) is 12.8 Å². The maximum absolute atomic E-state index is 11.3. The molecule has 1 aliphatic rings. The van der Waals surface area contributed by atoms with Crippen LogP contribution >= 0.6 is 0 Å². The highest BCUT2D eigenvalue weighted by atomic mass is 16.6. The fourth-order valence-electron chi connectivity index (χ4n) is 2.01. The summed E-state index contributed by atoms with van der Waals surface area (Å²) in [5.74, 6) is 0.986. The molecule has 0 heterocycles. The minimum Gasteiger partial charge on any atom is -0.487 e. The third-order valence-corrected chi connectivity index (χ3v) is 2.96. The van der Waals surface area contributed by atoms with Gasteiger partial charge in [-0.3, -0.25) is 4.79 Å². The lowest BCUT2D eigenvalue weighted by atomic mass is 10.3. The molecule has 0 amide bonds. The molecule has 1 saturated carbocycles. The summed E-state index contributed by atoms with van der Waals surface area (Å²) in [5, 5.41) is 0. The first kappa shape index (κ1) is 12.0. The van der Waals surface area contributed by atoms with Crippen molar-refractivity contribution in [3.63, 3.8) is 0 Å². The van der Waals surface area contributed by atoms with Gasteiger partial charge in [-0.05, 0) is 37.8 Å². The van der Waals surface area contributed by atoms with E-state index in [2.05, 4.69) is 0 Å². The lowest BCUT2D eigenvalue weighted by Crippen LogP contribution is -2.13. The zero-order valence-corrected chi connectivity index (χ0v) is 10.1. The topological polar surface area (TPSA) is 35.5 Å². The van der Waals surface area contributed by atoms with Crippen molar-refractivity contribution in [1.82, 2.24) is 0 Å². The molecule has 1 aromatic rings. The minimum absolute atomic E-state index is 0.229. The van der Waals surface area contributed by atoms with E-state index in [1.165, 1.54) is 12.8 Å². The molecule has 0 atom stereocenters. The number of ether oxygens (including phenoxy) is 2. The summed E-state index contributed by atoms with van der Waals surface area (Å²) in [7, 11) is 0. The highest BCUT2D eigenvalue weighted by Crippen LogP contribution is 2.31. The van der Waals surface area contributed by atoms with Crippen LogP contribution in [0.5, 0.6) is 11.5 Å². The van der Waals surface area contributed by atoms with Gasteiger partial charge < -0.3 is 9.47 Å². The van der Waals surface area contributed by atoms with Gasteiger partial charge in [0.15, 0.2) is 11.5 Å². The zero-order chi connectivity index (χ0) is 12.1. The van der Waals surface area contributed by atoms with E-state index in [1.54, 1.807) is 13.0 Å². The molecule has 0 spiro atoms. The fourth-order valence-corrected chi connectivity index (χ4v) is 2.01. The molecule has 0 aliphatic heterocycles. The largest absolute Gasteiger partial charge is 0.487 e. The van der Waals surface area contributed by atoms with Crippen molar-refractivity contribution in [3.05, 3.63) is 24.3 Å². The van der Waals surface area contributed by atoms with Gasteiger partial charge in [-0.1, -0.05) is 19.1 Å². The summed E-state index contributed by atoms with van der Waals surface area (Å²) >= 11 is 0. The molecular formula is C14H18O3. The Balaban J connectivity index is 2.06. The monoisotopic (exact) mass is 234 g/mol. The van der Waals surface area contributed by atoms with Crippen molar-refractivity contribution < 1.29 is 14.3 Å². The molecule has 0 unspecified atom stereocenters. The molecule has 3 heteroatoms. The summed E-state index contributed by atoms with van der Waals surface area (Å²) in [6.07, 6.45) is 5.28. The second-order valence-electron chi connectivity index (χ2n) is 4.30. The number of hydrogen-bond donors (Lipinski definition) is 0. The van der Waals surface area contributed by atoms with Crippen LogP contribution in [0.3, 0.4) is 0 Å². The number of rotatable bonds is 4. The first-order valence-corrected chi connectivity index (χ1v) is 6.26. The molecule has 3 nitrogen and oxygen atoms in total. The molecule has 1 aliphatic carbocycles. The maximum atomic E-state index is 11.3. The maximum Gasteiger partial charge on any atom is 0.311 e. The van der Waals surface area contributed by atoms with Crippen molar-refractivity contribution in [2.45, 2.75) is 45.1 Å². The average molecular weight is 234 g/mol. The molecular weight excluding hydrogens is 216 g/mol. The molecule has 92 valence electrons. The van der Waals surface area contributed by atoms with Crippen LogP contribution in [-0.2, 0) is 4.79 Å². The highest BCUT2D eigenvalue weighted by molar-refractivity contribution is 5.72. The molecule has 1 aromatic carbocycles. The summed E-state index contributed by atoms with van der Waals surface area (Å²) < 4.78 is 11.1. The van der Waals surface area contributed by atoms with Gasteiger partial charge in [0, 0.05) is 6.42 Å². The Morgan fingerprint density at radius 2 is 1.88 bits per heavy atom. The van der Waals surface area contributed by atoms with Crippen LogP contribution in [0.15, 0.2) is 24.3 Å². The average Bonchev–Trinajstić information content (AvgIpc) is 2.84. The van der Waals surface area contributed by atoms with E-state index >= 15 is 0 Å². The van der Waals surface area contributed by atoms with E-state index in [-0.39, 0.29) is 12.1 Å². The first-order chi connectivity index (χ1) is 8.29. The SMILES string of the molecule is CCC(=O)Oc1ccccc1OC1CCCC1. The number of hydrogen-bond acceptors (Lipinski definition) is 3. The van der Waals surface area contributed by atoms with Gasteiger partial charge in [0.25, 0.3) is 0 Å². The number of para-hydroxylation sites is 2. The highest BCUT2D eigenvalue weighted by Gasteiger charge is 2.18. The molecule has 1 fully saturated rings. The molecule has 17 heavy (non-hydrogen) atoms. The van der Waals surface area contributed by atoms with Crippen molar-refractivity contribution in [2.75, 3.05) is 0 Å². The van der Waals surface area contributed by atoms with Crippen molar-refractivity contribution in [2.24, 2.45) is 0 Å². The normalized spacial score (nSPS) is 15.8. The van der Waals surface area contributed by atoms with Crippen LogP contribution < -0.4 is 9.47 Å². The quantitative estimate of drug-likeness (QED) is 0.592. The summed E-state index contributed by atoms with van der Waals surface area (Å²) in [5.41, 5.74) is 0. The van der Waals surface area contributed by atoms with Crippen molar-refractivity contribution >= 4 is 5.97 Å². The van der Waals surface area contributed by atoms with Crippen molar-refractivity contribution in [3.8, 4) is 11.5 Å². The number of esters is 1. The van der Waals surface area contributed by atoms with Gasteiger partial charge in [-0.25, -0.2) is 0 Å². The fraction of sp³-hybridized carbons (Fsp3) is 0.500. The molecule has 0 aromatic heterocycles. The van der Waals surface area contributed by atoms with Gasteiger partial charge in [0.1, 0.15) is 0 Å². The molecule has 0 saturated heterocycles.